The SMILES string of the molecule is Cn1cc(N[C@H](CC2CC2)C(=O)N2[C@H]3CC[C@@H]([C@H]2C(=O)N[C@H](C#N)C[C@@H]2CCCNC2=O)C(F)(F)C3)cn1. The Hall–Kier alpha value is -3.23. The summed E-state index contributed by atoms with van der Waals surface area (Å²) >= 11 is 0. The molecule has 0 unspecified atom stereocenters. The molecule has 4 heterocycles. The number of aromatic nitrogens is 2. The Morgan fingerprint density at radius 1 is 1.26 bits per heavy atom. The number of hydrogen-bond donors (Lipinski definition) is 3. The van der Waals surface area contributed by atoms with Gasteiger partial charge in [0.25, 0.3) is 5.92 Å². The highest BCUT2D eigenvalue weighted by molar-refractivity contribution is 5.92. The molecule has 1 aromatic heterocycles. The van der Waals surface area contributed by atoms with Gasteiger partial charge in [0, 0.05) is 38.2 Å². The first-order valence-corrected chi connectivity index (χ1v) is 13.6. The van der Waals surface area contributed by atoms with E-state index in [2.05, 4.69) is 21.0 Å². The van der Waals surface area contributed by atoms with Gasteiger partial charge in [0.05, 0.1) is 23.9 Å². The number of aryl methyl sites for hydroxylation is 1. The first kappa shape index (κ1) is 26.4. The Balaban J connectivity index is 1.37. The van der Waals surface area contributed by atoms with Crippen LogP contribution in [0.5, 0.6) is 0 Å². The average molecular weight is 532 g/mol. The van der Waals surface area contributed by atoms with Crippen molar-refractivity contribution in [3.05, 3.63) is 12.4 Å². The van der Waals surface area contributed by atoms with Gasteiger partial charge < -0.3 is 20.9 Å². The zero-order valence-electron chi connectivity index (χ0n) is 21.5. The molecule has 2 bridgehead atoms. The lowest BCUT2D eigenvalue weighted by Crippen LogP contribution is -2.70. The quantitative estimate of drug-likeness (QED) is 0.446. The fourth-order valence-electron chi connectivity index (χ4n) is 6.36. The minimum atomic E-state index is -3.09. The highest BCUT2D eigenvalue weighted by Gasteiger charge is 2.61. The number of hydrogen-bond acceptors (Lipinski definition) is 6. The maximum Gasteiger partial charge on any atom is 0.255 e. The van der Waals surface area contributed by atoms with Crippen molar-refractivity contribution in [2.75, 3.05) is 11.9 Å². The predicted molar refractivity (Wildman–Crippen MR) is 133 cm³/mol. The summed E-state index contributed by atoms with van der Waals surface area (Å²) in [5.74, 6) is -5.76. The number of halogens is 2. The van der Waals surface area contributed by atoms with Crippen LogP contribution in [0.4, 0.5) is 14.5 Å². The minimum Gasteiger partial charge on any atom is -0.371 e. The number of nitrogens with one attached hydrogen (secondary N) is 3. The van der Waals surface area contributed by atoms with Crippen LogP contribution in [0, 0.1) is 29.1 Å². The Kier molecular flexibility index (Phi) is 7.29. The standard InChI is InChI=1S/C26H35F2N7O3/c1-34-14-18(13-31-34)32-21(9-15-4-5-15)25(38)35-19-6-7-20(26(27,28)11-19)22(35)24(37)33-17(12-29)10-16-3-2-8-30-23(16)36/h13-17,19-22,32H,2-11H2,1H3,(H,30,36)(H,33,37)/t16-,17-,19-,20-,21+,22-/m0/s1. The number of piperidine rings is 3. The van der Waals surface area contributed by atoms with Crippen LogP contribution in [0.2, 0.25) is 0 Å². The summed E-state index contributed by atoms with van der Waals surface area (Å²) in [5, 5.41) is 22.5. The molecule has 3 aliphatic heterocycles. The molecule has 38 heavy (non-hydrogen) atoms. The normalized spacial score (nSPS) is 29.6. The van der Waals surface area contributed by atoms with Crippen molar-refractivity contribution in [2.24, 2.45) is 24.8 Å². The van der Waals surface area contributed by atoms with Crippen molar-refractivity contribution in [3.63, 3.8) is 0 Å². The number of carbonyl (C=O) groups is 3. The van der Waals surface area contributed by atoms with Gasteiger partial charge in [0.15, 0.2) is 0 Å². The van der Waals surface area contributed by atoms with Crippen molar-refractivity contribution in [2.45, 2.75) is 87.9 Å². The molecular weight excluding hydrogens is 496 g/mol. The molecule has 1 aromatic rings. The summed E-state index contributed by atoms with van der Waals surface area (Å²) in [6, 6.07) is -1.81. The van der Waals surface area contributed by atoms with Crippen LogP contribution in [0.15, 0.2) is 12.4 Å². The van der Waals surface area contributed by atoms with Crippen molar-refractivity contribution in [3.8, 4) is 6.07 Å². The molecule has 6 atom stereocenters. The van der Waals surface area contributed by atoms with Crippen molar-refractivity contribution in [1.82, 2.24) is 25.3 Å². The Morgan fingerprint density at radius 2 is 2.05 bits per heavy atom. The molecule has 3 amide bonds. The second kappa shape index (κ2) is 10.5. The van der Waals surface area contributed by atoms with E-state index in [0.29, 0.717) is 37.4 Å². The van der Waals surface area contributed by atoms with Gasteiger partial charge in [0.1, 0.15) is 18.1 Å². The smallest absolute Gasteiger partial charge is 0.255 e. The van der Waals surface area contributed by atoms with E-state index < -0.39 is 54.3 Å². The Morgan fingerprint density at radius 3 is 2.68 bits per heavy atom. The molecule has 5 fully saturated rings. The van der Waals surface area contributed by atoms with E-state index in [9.17, 15) is 19.6 Å². The third-order valence-electron chi connectivity index (χ3n) is 8.46. The molecule has 3 saturated heterocycles. The zero-order chi connectivity index (χ0) is 27.0. The first-order valence-electron chi connectivity index (χ1n) is 13.6. The van der Waals surface area contributed by atoms with Gasteiger partial charge in [0.2, 0.25) is 17.7 Å². The van der Waals surface area contributed by atoms with E-state index in [1.165, 1.54) is 4.90 Å². The third kappa shape index (κ3) is 5.47. The van der Waals surface area contributed by atoms with E-state index in [1.807, 2.05) is 6.07 Å². The fraction of sp³-hybridized carbons (Fsp3) is 0.731. The monoisotopic (exact) mass is 531 g/mol. The van der Waals surface area contributed by atoms with Crippen LogP contribution in [0.1, 0.15) is 57.8 Å². The second-order valence-electron chi connectivity index (χ2n) is 11.3. The fourth-order valence-corrected chi connectivity index (χ4v) is 6.36. The number of carbonyl (C=O) groups excluding carboxylic acids is 3. The molecular formula is C26H35F2N7O3. The lowest BCUT2D eigenvalue weighted by molar-refractivity contribution is -0.194. The number of amides is 3. The molecule has 0 radical (unpaired) electrons. The van der Waals surface area contributed by atoms with Crippen LogP contribution in [0.3, 0.4) is 0 Å². The molecule has 206 valence electrons. The summed E-state index contributed by atoms with van der Waals surface area (Å²) in [6.07, 6.45) is 7.44. The molecule has 12 heteroatoms. The summed E-state index contributed by atoms with van der Waals surface area (Å²) in [6.45, 7) is 0.575. The van der Waals surface area contributed by atoms with Gasteiger partial charge in [-0.1, -0.05) is 12.8 Å². The molecule has 3 N–H and O–H groups in total. The van der Waals surface area contributed by atoms with Crippen LogP contribution in [-0.4, -0.2) is 69.0 Å². The number of nitrogens with zero attached hydrogens (tertiary/aromatic N) is 4. The molecule has 5 aliphatic rings. The van der Waals surface area contributed by atoms with Crippen LogP contribution < -0.4 is 16.0 Å². The van der Waals surface area contributed by atoms with Crippen LogP contribution >= 0.6 is 0 Å². The zero-order valence-corrected chi connectivity index (χ0v) is 21.5. The van der Waals surface area contributed by atoms with Crippen molar-refractivity contribution in [1.29, 1.82) is 5.26 Å². The van der Waals surface area contributed by atoms with Gasteiger partial charge in [-0.15, -0.1) is 0 Å². The Bertz CT molecular complexity index is 1110. The van der Waals surface area contributed by atoms with E-state index in [0.717, 1.165) is 19.3 Å². The van der Waals surface area contributed by atoms with E-state index >= 15 is 8.78 Å². The molecule has 2 aliphatic carbocycles. The lowest BCUT2D eigenvalue weighted by atomic mass is 9.71. The molecule has 10 nitrogen and oxygen atoms in total. The van der Waals surface area contributed by atoms with Crippen LogP contribution in [0.25, 0.3) is 0 Å². The van der Waals surface area contributed by atoms with E-state index in [-0.39, 0.29) is 24.7 Å². The number of alkyl halides is 2. The number of anilines is 1. The maximum atomic E-state index is 15.1. The van der Waals surface area contributed by atoms with Crippen molar-refractivity contribution < 1.29 is 23.2 Å². The highest BCUT2D eigenvalue weighted by atomic mass is 19.3. The maximum absolute atomic E-state index is 15.1. The van der Waals surface area contributed by atoms with Gasteiger partial charge in [-0.05, 0) is 44.4 Å². The van der Waals surface area contributed by atoms with Gasteiger partial charge in [-0.25, -0.2) is 8.78 Å². The molecule has 0 aromatic carbocycles. The molecule has 2 saturated carbocycles. The summed E-state index contributed by atoms with van der Waals surface area (Å²) < 4.78 is 31.8. The minimum absolute atomic E-state index is 0.103. The van der Waals surface area contributed by atoms with Crippen LogP contribution in [-0.2, 0) is 21.4 Å². The van der Waals surface area contributed by atoms with E-state index in [1.54, 1.807) is 24.1 Å². The summed E-state index contributed by atoms with van der Waals surface area (Å²) in [5.41, 5.74) is 0.648. The predicted octanol–water partition coefficient (Wildman–Crippen LogP) is 1.94. The third-order valence-corrected chi connectivity index (χ3v) is 8.46. The number of nitriles is 1. The van der Waals surface area contributed by atoms with Gasteiger partial charge in [-0.2, -0.15) is 10.4 Å². The molecule has 0 spiro atoms. The highest BCUT2D eigenvalue weighted by Crippen LogP contribution is 2.49. The lowest BCUT2D eigenvalue weighted by Gasteiger charge is -2.54. The van der Waals surface area contributed by atoms with Gasteiger partial charge >= 0.3 is 0 Å². The second-order valence-corrected chi connectivity index (χ2v) is 11.3. The largest absolute Gasteiger partial charge is 0.371 e. The average Bonchev–Trinajstić information content (AvgIpc) is 3.61. The molecule has 6 rings (SSSR count). The Labute approximate surface area is 220 Å². The van der Waals surface area contributed by atoms with E-state index in [4.69, 9.17) is 0 Å². The summed E-state index contributed by atoms with van der Waals surface area (Å²) in [4.78, 5) is 41.1. The van der Waals surface area contributed by atoms with Crippen molar-refractivity contribution >= 4 is 23.4 Å². The number of fused-ring (bicyclic) bond motifs is 3. The number of rotatable bonds is 9. The summed E-state index contributed by atoms with van der Waals surface area (Å²) in [7, 11) is 1.76. The van der Waals surface area contributed by atoms with Gasteiger partial charge in [-0.3, -0.25) is 19.1 Å². The topological polar surface area (TPSA) is 132 Å². The first-order chi connectivity index (χ1) is 18.2.